The third-order valence-corrected chi connectivity index (χ3v) is 3.62. The predicted octanol–water partition coefficient (Wildman–Crippen LogP) is 3.02. The number of amides is 1. The number of methoxy groups -OCH3 is 1. The van der Waals surface area contributed by atoms with Crippen LogP contribution in [0.4, 0.5) is 0 Å². The van der Waals surface area contributed by atoms with Gasteiger partial charge in [0.2, 0.25) is 5.91 Å². The van der Waals surface area contributed by atoms with E-state index in [1.807, 2.05) is 45.9 Å². The second-order valence-electron chi connectivity index (χ2n) is 5.17. The highest BCUT2D eigenvalue weighted by atomic mass is 79.9. The number of carbonyl (C=O) groups is 1. The summed E-state index contributed by atoms with van der Waals surface area (Å²) in [7, 11) is 1.64. The van der Waals surface area contributed by atoms with Crippen molar-refractivity contribution in [2.75, 3.05) is 7.11 Å². The molecule has 2 atom stereocenters. The van der Waals surface area contributed by atoms with E-state index < -0.39 is 0 Å². The lowest BCUT2D eigenvalue weighted by molar-refractivity contribution is -0.123. The highest BCUT2D eigenvalue weighted by Gasteiger charge is 2.17. The number of carbonyl (C=O) groups excluding carboxylic acids is 1. The Hall–Kier alpha value is -1.07. The molecular weight excluding hydrogens is 320 g/mol. The molecule has 0 fully saturated rings. The molecule has 0 bridgehead atoms. The second-order valence-corrected chi connectivity index (χ2v) is 6.02. The third-order valence-electron chi connectivity index (χ3n) is 3.00. The molecule has 0 radical (unpaired) electrons. The van der Waals surface area contributed by atoms with Crippen LogP contribution in [-0.2, 0) is 4.79 Å². The molecule has 1 amide bonds. The number of hydrogen-bond donors (Lipinski definition) is 2. The highest BCUT2D eigenvalue weighted by Crippen LogP contribution is 2.28. The molecule has 0 aliphatic carbocycles. The molecule has 5 heteroatoms. The number of nitrogens with one attached hydrogen (secondary N) is 2. The van der Waals surface area contributed by atoms with Crippen molar-refractivity contribution in [1.82, 2.24) is 10.6 Å². The summed E-state index contributed by atoms with van der Waals surface area (Å²) in [5, 5.41) is 6.19. The molecule has 0 saturated heterocycles. The van der Waals surface area contributed by atoms with Crippen molar-refractivity contribution >= 4 is 21.8 Å². The zero-order valence-electron chi connectivity index (χ0n) is 12.7. The Morgan fingerprint density at radius 2 is 1.90 bits per heavy atom. The molecule has 0 aromatic heterocycles. The molecule has 1 rings (SSSR count). The Balaban J connectivity index is 2.68. The number of benzene rings is 1. The summed E-state index contributed by atoms with van der Waals surface area (Å²) in [5.74, 6) is 0.811. The van der Waals surface area contributed by atoms with Gasteiger partial charge in [0.05, 0.1) is 17.6 Å². The third kappa shape index (κ3) is 4.80. The summed E-state index contributed by atoms with van der Waals surface area (Å²) in [4.78, 5) is 11.9. The largest absolute Gasteiger partial charge is 0.496 e. The fourth-order valence-corrected chi connectivity index (χ4v) is 2.47. The van der Waals surface area contributed by atoms with E-state index in [4.69, 9.17) is 4.74 Å². The van der Waals surface area contributed by atoms with Gasteiger partial charge in [-0.25, -0.2) is 0 Å². The maximum Gasteiger partial charge on any atom is 0.237 e. The summed E-state index contributed by atoms with van der Waals surface area (Å²) >= 11 is 3.47. The van der Waals surface area contributed by atoms with E-state index in [0.717, 1.165) is 15.8 Å². The van der Waals surface area contributed by atoms with Crippen LogP contribution in [-0.4, -0.2) is 25.1 Å². The Bertz CT molecular complexity index is 463. The zero-order valence-corrected chi connectivity index (χ0v) is 14.2. The predicted molar refractivity (Wildman–Crippen MR) is 85.0 cm³/mol. The molecule has 1 aromatic rings. The molecule has 20 heavy (non-hydrogen) atoms. The van der Waals surface area contributed by atoms with E-state index in [0.29, 0.717) is 0 Å². The molecule has 4 nitrogen and oxygen atoms in total. The molecular formula is C15H23BrN2O2. The first-order valence-electron chi connectivity index (χ1n) is 6.75. The summed E-state index contributed by atoms with van der Waals surface area (Å²) in [6.07, 6.45) is 0. The highest BCUT2D eigenvalue weighted by molar-refractivity contribution is 9.10. The topological polar surface area (TPSA) is 50.4 Å². The number of halogens is 1. The number of hydrogen-bond acceptors (Lipinski definition) is 3. The van der Waals surface area contributed by atoms with Crippen molar-refractivity contribution in [1.29, 1.82) is 0 Å². The van der Waals surface area contributed by atoms with Crippen LogP contribution in [0.5, 0.6) is 5.75 Å². The van der Waals surface area contributed by atoms with Crippen molar-refractivity contribution in [3.8, 4) is 5.75 Å². The fourth-order valence-electron chi connectivity index (χ4n) is 1.91. The lowest BCUT2D eigenvalue weighted by atomic mass is 10.1. The molecule has 0 aliphatic heterocycles. The Morgan fingerprint density at radius 3 is 2.40 bits per heavy atom. The van der Waals surface area contributed by atoms with Gasteiger partial charge in [-0.3, -0.25) is 10.1 Å². The molecule has 0 aliphatic rings. The van der Waals surface area contributed by atoms with Gasteiger partial charge in [-0.05, 0) is 61.3 Å². The van der Waals surface area contributed by atoms with Gasteiger partial charge in [-0.2, -0.15) is 0 Å². The summed E-state index contributed by atoms with van der Waals surface area (Å²) in [6, 6.07) is 5.89. The summed E-state index contributed by atoms with van der Waals surface area (Å²) in [6.45, 7) is 7.81. The van der Waals surface area contributed by atoms with E-state index in [2.05, 4.69) is 26.6 Å². The first-order chi connectivity index (χ1) is 9.35. The Kier molecular flexibility index (Phi) is 6.49. The van der Waals surface area contributed by atoms with Crippen LogP contribution >= 0.6 is 15.9 Å². The first kappa shape index (κ1) is 17.0. The Labute approximate surface area is 129 Å². The van der Waals surface area contributed by atoms with Crippen molar-refractivity contribution in [3.63, 3.8) is 0 Å². The quantitative estimate of drug-likeness (QED) is 0.835. The summed E-state index contributed by atoms with van der Waals surface area (Å²) in [5.41, 5.74) is 1.10. The van der Waals surface area contributed by atoms with Crippen LogP contribution in [0.1, 0.15) is 39.3 Å². The SMILES string of the molecule is COc1ccc([C@@H](C)N[C@@H](C)C(=O)NC(C)C)cc1Br. The molecule has 112 valence electrons. The molecule has 0 spiro atoms. The van der Waals surface area contributed by atoms with Gasteiger partial charge < -0.3 is 10.1 Å². The normalized spacial score (nSPS) is 13.9. The second kappa shape index (κ2) is 7.64. The maximum absolute atomic E-state index is 11.9. The van der Waals surface area contributed by atoms with E-state index in [9.17, 15) is 4.79 Å². The number of rotatable bonds is 6. The number of ether oxygens (including phenoxy) is 1. The molecule has 2 N–H and O–H groups in total. The monoisotopic (exact) mass is 342 g/mol. The van der Waals surface area contributed by atoms with Crippen LogP contribution in [0.25, 0.3) is 0 Å². The van der Waals surface area contributed by atoms with Crippen LogP contribution < -0.4 is 15.4 Å². The minimum Gasteiger partial charge on any atom is -0.496 e. The van der Waals surface area contributed by atoms with Crippen molar-refractivity contribution in [3.05, 3.63) is 28.2 Å². The van der Waals surface area contributed by atoms with E-state index >= 15 is 0 Å². The minimum absolute atomic E-state index is 0.0134. The van der Waals surface area contributed by atoms with Gasteiger partial charge in [-0.1, -0.05) is 6.07 Å². The summed E-state index contributed by atoms with van der Waals surface area (Å²) < 4.78 is 6.12. The Morgan fingerprint density at radius 1 is 1.25 bits per heavy atom. The van der Waals surface area contributed by atoms with Gasteiger partial charge in [0.15, 0.2) is 0 Å². The smallest absolute Gasteiger partial charge is 0.237 e. The van der Waals surface area contributed by atoms with Gasteiger partial charge in [0.25, 0.3) is 0 Å². The maximum atomic E-state index is 11.9. The van der Waals surface area contributed by atoms with Crippen LogP contribution in [0.15, 0.2) is 22.7 Å². The van der Waals surface area contributed by atoms with Gasteiger partial charge in [-0.15, -0.1) is 0 Å². The zero-order chi connectivity index (χ0) is 15.3. The van der Waals surface area contributed by atoms with Gasteiger partial charge in [0.1, 0.15) is 5.75 Å². The minimum atomic E-state index is -0.242. The van der Waals surface area contributed by atoms with Crippen molar-refractivity contribution in [2.24, 2.45) is 0 Å². The van der Waals surface area contributed by atoms with Crippen molar-refractivity contribution < 1.29 is 9.53 Å². The molecule has 1 aromatic carbocycles. The lowest BCUT2D eigenvalue weighted by Crippen LogP contribution is -2.45. The average Bonchev–Trinajstić information content (AvgIpc) is 2.37. The van der Waals surface area contributed by atoms with Gasteiger partial charge >= 0.3 is 0 Å². The standard InChI is InChI=1S/C15H23BrN2O2/c1-9(2)17-15(19)11(4)18-10(3)12-6-7-14(20-5)13(16)8-12/h6-11,18H,1-5H3,(H,17,19)/t10-,11+/m1/s1. The van der Waals surface area contributed by atoms with Crippen molar-refractivity contribution in [2.45, 2.75) is 45.8 Å². The molecule has 0 saturated carbocycles. The van der Waals surface area contributed by atoms with Crippen LogP contribution in [0.3, 0.4) is 0 Å². The first-order valence-corrected chi connectivity index (χ1v) is 7.54. The molecule has 0 unspecified atom stereocenters. The van der Waals surface area contributed by atoms with E-state index in [-0.39, 0.29) is 24.0 Å². The molecule has 0 heterocycles. The van der Waals surface area contributed by atoms with Crippen LogP contribution in [0.2, 0.25) is 0 Å². The average molecular weight is 343 g/mol. The van der Waals surface area contributed by atoms with E-state index in [1.165, 1.54) is 0 Å². The van der Waals surface area contributed by atoms with Crippen LogP contribution in [0, 0.1) is 0 Å². The lowest BCUT2D eigenvalue weighted by Gasteiger charge is -2.21. The van der Waals surface area contributed by atoms with E-state index in [1.54, 1.807) is 7.11 Å². The fraction of sp³-hybridized carbons (Fsp3) is 0.533. The van der Waals surface area contributed by atoms with Gasteiger partial charge in [0, 0.05) is 12.1 Å².